The van der Waals surface area contributed by atoms with Gasteiger partial charge < -0.3 is 9.88 Å². The Hall–Kier alpha value is -1.77. The van der Waals surface area contributed by atoms with E-state index in [1.165, 1.54) is 12.0 Å². The number of nitrogens with one attached hydrogen (secondary N) is 1. The summed E-state index contributed by atoms with van der Waals surface area (Å²) in [7, 11) is 0. The largest absolute Gasteiger partial charge is 0.360 e. The number of aromatic nitrogens is 1. The van der Waals surface area contributed by atoms with E-state index in [2.05, 4.69) is 55.8 Å². The minimum Gasteiger partial charge on any atom is -0.360 e. The number of aryl methyl sites for hydroxylation is 1. The number of rotatable bonds is 1. The van der Waals surface area contributed by atoms with Gasteiger partial charge in [-0.2, -0.15) is 0 Å². The van der Waals surface area contributed by atoms with Crippen molar-refractivity contribution in [3.8, 4) is 0 Å². The quantitative estimate of drug-likeness (QED) is 0.844. The molecule has 2 aromatic rings. The molecule has 116 valence electrons. The summed E-state index contributed by atoms with van der Waals surface area (Å²) in [5, 5.41) is 1.04. The van der Waals surface area contributed by atoms with Gasteiger partial charge in [0, 0.05) is 35.1 Å². The van der Waals surface area contributed by atoms with Gasteiger partial charge in [-0.25, -0.2) is 0 Å². The molecule has 2 aliphatic rings. The smallest absolute Gasteiger partial charge is 0.256 e. The summed E-state index contributed by atoms with van der Waals surface area (Å²) in [4.78, 5) is 18.3. The van der Waals surface area contributed by atoms with Crippen LogP contribution in [0, 0.1) is 17.8 Å². The number of hydrogen-bond donors (Lipinski definition) is 1. The third kappa shape index (κ3) is 1.84. The Kier molecular flexibility index (Phi) is 2.62. The summed E-state index contributed by atoms with van der Waals surface area (Å²) in [5.41, 5.74) is 3.76. The zero-order valence-corrected chi connectivity index (χ0v) is 13.9. The zero-order chi connectivity index (χ0) is 15.7. The highest BCUT2D eigenvalue weighted by Gasteiger charge is 2.59. The lowest BCUT2D eigenvalue weighted by Gasteiger charge is -2.52. The first-order valence-corrected chi connectivity index (χ1v) is 8.18. The van der Waals surface area contributed by atoms with E-state index < -0.39 is 0 Å². The van der Waals surface area contributed by atoms with Crippen LogP contribution in [0.3, 0.4) is 0 Å². The Bertz CT molecular complexity index is 773. The third-order valence-corrected chi connectivity index (χ3v) is 5.67. The number of nitrogens with zero attached hydrogens (tertiary/aromatic N) is 1. The highest BCUT2D eigenvalue weighted by Crippen LogP contribution is 2.57. The SMILES string of the molecule is Cc1ccc2c(C(=O)N3CC4(C)CC(C)(C)CC34)c[nH]c2c1. The van der Waals surface area contributed by atoms with Crippen LogP contribution in [0.5, 0.6) is 0 Å². The number of fused-ring (bicyclic) bond motifs is 2. The number of aromatic amines is 1. The van der Waals surface area contributed by atoms with Crippen LogP contribution in [0.2, 0.25) is 0 Å². The van der Waals surface area contributed by atoms with Gasteiger partial charge in [0.1, 0.15) is 0 Å². The topological polar surface area (TPSA) is 36.1 Å². The Labute approximate surface area is 131 Å². The van der Waals surface area contributed by atoms with Crippen LogP contribution in [0.15, 0.2) is 24.4 Å². The normalized spacial score (nSPS) is 29.5. The molecule has 3 nitrogen and oxygen atoms in total. The van der Waals surface area contributed by atoms with E-state index in [-0.39, 0.29) is 5.91 Å². The molecular formula is C19H24N2O. The van der Waals surface area contributed by atoms with Gasteiger partial charge in [-0.3, -0.25) is 4.79 Å². The Morgan fingerprint density at radius 2 is 2.09 bits per heavy atom. The van der Waals surface area contributed by atoms with Crippen LogP contribution < -0.4 is 0 Å². The molecule has 2 unspecified atom stereocenters. The molecule has 2 heterocycles. The number of benzene rings is 1. The molecule has 1 aliphatic carbocycles. The van der Waals surface area contributed by atoms with Crippen molar-refractivity contribution < 1.29 is 4.79 Å². The zero-order valence-electron chi connectivity index (χ0n) is 13.9. The lowest BCUT2D eigenvalue weighted by molar-refractivity contribution is -0.0214. The van der Waals surface area contributed by atoms with Gasteiger partial charge in [-0.15, -0.1) is 0 Å². The van der Waals surface area contributed by atoms with Gasteiger partial charge in [0.25, 0.3) is 5.91 Å². The Morgan fingerprint density at radius 3 is 2.82 bits per heavy atom. The monoisotopic (exact) mass is 296 g/mol. The van der Waals surface area contributed by atoms with Gasteiger partial charge in [0.05, 0.1) is 5.56 Å². The molecule has 1 N–H and O–H groups in total. The molecule has 3 heteroatoms. The molecule has 1 saturated carbocycles. The molecule has 1 aliphatic heterocycles. The van der Waals surface area contributed by atoms with Crippen molar-refractivity contribution >= 4 is 16.8 Å². The first-order chi connectivity index (χ1) is 10.3. The maximum Gasteiger partial charge on any atom is 0.256 e. The van der Waals surface area contributed by atoms with Gasteiger partial charge >= 0.3 is 0 Å². The highest BCUT2D eigenvalue weighted by atomic mass is 16.2. The van der Waals surface area contributed by atoms with Crippen molar-refractivity contribution in [2.75, 3.05) is 6.54 Å². The molecule has 2 fully saturated rings. The number of carbonyl (C=O) groups is 1. The standard InChI is InChI=1S/C19H24N2O/c1-12-5-6-13-14(9-20-15(13)7-12)17(22)21-11-19(4)10-18(2,3)8-16(19)21/h5-7,9,16,20H,8,10-11H2,1-4H3. The number of H-pyrrole nitrogens is 1. The third-order valence-electron chi connectivity index (χ3n) is 5.67. The minimum atomic E-state index is 0.190. The van der Waals surface area contributed by atoms with Gasteiger partial charge in [0.15, 0.2) is 0 Å². The second-order valence-corrected chi connectivity index (χ2v) is 8.40. The lowest BCUT2D eigenvalue weighted by atomic mass is 9.74. The summed E-state index contributed by atoms with van der Waals surface area (Å²) >= 11 is 0. The van der Waals surface area contributed by atoms with E-state index in [1.54, 1.807) is 0 Å². The van der Waals surface area contributed by atoms with E-state index in [4.69, 9.17) is 0 Å². The average molecular weight is 296 g/mol. The van der Waals surface area contributed by atoms with Crippen LogP contribution in [0.25, 0.3) is 10.9 Å². The summed E-state index contributed by atoms with van der Waals surface area (Å²) in [6, 6.07) is 6.65. The molecule has 1 saturated heterocycles. The molecule has 1 aromatic heterocycles. The first-order valence-electron chi connectivity index (χ1n) is 8.18. The predicted molar refractivity (Wildman–Crippen MR) is 89.0 cm³/mol. The van der Waals surface area contributed by atoms with Crippen molar-refractivity contribution in [3.05, 3.63) is 35.5 Å². The molecule has 22 heavy (non-hydrogen) atoms. The van der Waals surface area contributed by atoms with Gasteiger partial charge in [-0.1, -0.05) is 32.9 Å². The van der Waals surface area contributed by atoms with E-state index in [9.17, 15) is 4.79 Å². The maximum atomic E-state index is 13.0. The second-order valence-electron chi connectivity index (χ2n) is 8.40. The van der Waals surface area contributed by atoms with E-state index in [0.717, 1.165) is 29.4 Å². The minimum absolute atomic E-state index is 0.190. The number of amides is 1. The van der Waals surface area contributed by atoms with E-state index >= 15 is 0 Å². The summed E-state index contributed by atoms with van der Waals surface area (Å²) in [6.45, 7) is 9.97. The Morgan fingerprint density at radius 1 is 1.32 bits per heavy atom. The van der Waals surface area contributed by atoms with Crippen LogP contribution in [0.1, 0.15) is 49.5 Å². The van der Waals surface area contributed by atoms with Crippen LogP contribution in [-0.2, 0) is 0 Å². The molecular weight excluding hydrogens is 272 g/mol. The van der Waals surface area contributed by atoms with Crippen molar-refractivity contribution in [1.82, 2.24) is 9.88 Å². The van der Waals surface area contributed by atoms with Gasteiger partial charge in [0.2, 0.25) is 0 Å². The fraction of sp³-hybridized carbons (Fsp3) is 0.526. The fourth-order valence-corrected chi connectivity index (χ4v) is 4.87. The van der Waals surface area contributed by atoms with Gasteiger partial charge in [-0.05, 0) is 36.8 Å². The first kappa shape index (κ1) is 13.9. The van der Waals surface area contributed by atoms with Crippen molar-refractivity contribution in [2.45, 2.75) is 46.6 Å². The number of hydrogen-bond acceptors (Lipinski definition) is 1. The summed E-state index contributed by atoms with van der Waals surface area (Å²) < 4.78 is 0. The molecule has 2 atom stereocenters. The molecule has 0 bridgehead atoms. The summed E-state index contributed by atoms with van der Waals surface area (Å²) in [6.07, 6.45) is 4.22. The van der Waals surface area contributed by atoms with E-state index in [0.29, 0.717) is 16.9 Å². The van der Waals surface area contributed by atoms with Crippen LogP contribution in [-0.4, -0.2) is 28.4 Å². The predicted octanol–water partition coefficient (Wildman–Crippen LogP) is 4.13. The molecule has 1 aromatic carbocycles. The van der Waals surface area contributed by atoms with Crippen molar-refractivity contribution in [1.29, 1.82) is 0 Å². The molecule has 1 amide bonds. The van der Waals surface area contributed by atoms with Crippen molar-refractivity contribution in [3.63, 3.8) is 0 Å². The molecule has 0 radical (unpaired) electrons. The molecule has 0 spiro atoms. The van der Waals surface area contributed by atoms with Crippen LogP contribution in [0.4, 0.5) is 0 Å². The van der Waals surface area contributed by atoms with Crippen LogP contribution >= 0.6 is 0 Å². The highest BCUT2D eigenvalue weighted by molar-refractivity contribution is 6.07. The number of likely N-dealkylation sites (tertiary alicyclic amines) is 1. The number of carbonyl (C=O) groups excluding carboxylic acids is 1. The lowest BCUT2D eigenvalue weighted by Crippen LogP contribution is -2.62. The Balaban J connectivity index is 1.65. The van der Waals surface area contributed by atoms with E-state index in [1.807, 2.05) is 6.20 Å². The average Bonchev–Trinajstić information content (AvgIpc) is 2.91. The van der Waals surface area contributed by atoms with Crippen molar-refractivity contribution in [2.24, 2.45) is 10.8 Å². The maximum absolute atomic E-state index is 13.0. The summed E-state index contributed by atoms with van der Waals surface area (Å²) in [5.74, 6) is 0.190. The second kappa shape index (κ2) is 4.15. The fourth-order valence-electron chi connectivity index (χ4n) is 4.87. The molecule has 4 rings (SSSR count).